The molecule has 3 N–H and O–H groups in total. The Hall–Kier alpha value is -1.72. The number of fused-ring (bicyclic) bond motifs is 1. The highest BCUT2D eigenvalue weighted by atomic mass is 16.5. The highest BCUT2D eigenvalue weighted by Crippen LogP contribution is 2.35. The summed E-state index contributed by atoms with van der Waals surface area (Å²) in [6, 6.07) is 3.70. The Balaban J connectivity index is 2.75. The minimum Gasteiger partial charge on any atom is -0.497 e. The van der Waals surface area contributed by atoms with Gasteiger partial charge in [0.05, 0.1) is 25.8 Å². The number of aromatic nitrogens is 1. The van der Waals surface area contributed by atoms with Gasteiger partial charge in [-0.15, -0.1) is 0 Å². The van der Waals surface area contributed by atoms with Crippen molar-refractivity contribution in [1.29, 1.82) is 0 Å². The predicted molar refractivity (Wildman–Crippen MR) is 70.0 cm³/mol. The average molecular weight is 250 g/mol. The number of hydrogen-bond donors (Lipinski definition) is 2. The van der Waals surface area contributed by atoms with Gasteiger partial charge in [0.25, 0.3) is 0 Å². The van der Waals surface area contributed by atoms with Crippen molar-refractivity contribution in [2.75, 3.05) is 20.8 Å². The maximum Gasteiger partial charge on any atom is 0.146 e. The standard InChI is InChI=1S/C13H18N2O3/c1-15-7-10(11(16)6-14)9-4-8(17-2)5-12(18-3)13(9)15/h4-5,7,11,16H,6,14H2,1-3H3. The number of nitrogens with two attached hydrogens (primary N) is 1. The second-order valence-electron chi connectivity index (χ2n) is 4.17. The first-order valence-electron chi connectivity index (χ1n) is 5.71. The van der Waals surface area contributed by atoms with Gasteiger partial charge in [-0.3, -0.25) is 0 Å². The molecule has 18 heavy (non-hydrogen) atoms. The Kier molecular flexibility index (Phi) is 3.45. The second kappa shape index (κ2) is 4.88. The van der Waals surface area contributed by atoms with Crippen molar-refractivity contribution in [3.05, 3.63) is 23.9 Å². The molecule has 1 atom stereocenters. The zero-order chi connectivity index (χ0) is 13.3. The van der Waals surface area contributed by atoms with Gasteiger partial charge in [-0.25, -0.2) is 0 Å². The van der Waals surface area contributed by atoms with E-state index in [1.165, 1.54) is 0 Å². The van der Waals surface area contributed by atoms with Gasteiger partial charge in [0.1, 0.15) is 11.5 Å². The van der Waals surface area contributed by atoms with E-state index < -0.39 is 6.10 Å². The summed E-state index contributed by atoms with van der Waals surface area (Å²) in [6.07, 6.45) is 1.18. The third-order valence-corrected chi connectivity index (χ3v) is 3.08. The van der Waals surface area contributed by atoms with E-state index in [9.17, 15) is 5.11 Å². The first kappa shape index (κ1) is 12.7. The van der Waals surface area contributed by atoms with Gasteiger partial charge in [-0.05, 0) is 6.07 Å². The number of aliphatic hydroxyl groups excluding tert-OH is 1. The molecule has 0 aliphatic heterocycles. The number of rotatable bonds is 4. The SMILES string of the molecule is COc1cc(OC)c2c(c1)c(C(O)CN)cn2C. The molecule has 0 radical (unpaired) electrons. The summed E-state index contributed by atoms with van der Waals surface area (Å²) in [7, 11) is 5.12. The van der Waals surface area contributed by atoms with Crippen molar-refractivity contribution < 1.29 is 14.6 Å². The smallest absolute Gasteiger partial charge is 0.146 e. The van der Waals surface area contributed by atoms with Crippen molar-refractivity contribution in [2.24, 2.45) is 12.8 Å². The number of nitrogens with zero attached hydrogens (tertiary/aromatic N) is 1. The Bertz CT molecular complexity index is 563. The number of benzene rings is 1. The molecule has 0 aliphatic rings. The molecule has 0 amide bonds. The van der Waals surface area contributed by atoms with Crippen LogP contribution in [0.2, 0.25) is 0 Å². The quantitative estimate of drug-likeness (QED) is 0.855. The summed E-state index contributed by atoms with van der Waals surface area (Å²) >= 11 is 0. The van der Waals surface area contributed by atoms with E-state index in [-0.39, 0.29) is 6.54 Å². The summed E-state index contributed by atoms with van der Waals surface area (Å²) in [5, 5.41) is 10.8. The average Bonchev–Trinajstić information content (AvgIpc) is 2.74. The van der Waals surface area contributed by atoms with E-state index in [0.717, 1.165) is 16.5 Å². The van der Waals surface area contributed by atoms with Crippen LogP contribution >= 0.6 is 0 Å². The number of aryl methyl sites for hydroxylation is 1. The minimum atomic E-state index is -0.689. The lowest BCUT2D eigenvalue weighted by Gasteiger charge is -2.09. The van der Waals surface area contributed by atoms with E-state index in [4.69, 9.17) is 15.2 Å². The predicted octanol–water partition coefficient (Wildman–Crippen LogP) is 1.19. The van der Waals surface area contributed by atoms with Gasteiger partial charge in [0.2, 0.25) is 0 Å². The van der Waals surface area contributed by atoms with Crippen LogP contribution in [0.1, 0.15) is 11.7 Å². The van der Waals surface area contributed by atoms with Crippen LogP contribution in [0.3, 0.4) is 0 Å². The van der Waals surface area contributed by atoms with Crippen molar-refractivity contribution in [3.8, 4) is 11.5 Å². The van der Waals surface area contributed by atoms with Crippen LogP contribution in [0.25, 0.3) is 10.9 Å². The molecule has 0 fully saturated rings. The third-order valence-electron chi connectivity index (χ3n) is 3.08. The van der Waals surface area contributed by atoms with Gasteiger partial charge < -0.3 is 24.9 Å². The topological polar surface area (TPSA) is 69.6 Å². The van der Waals surface area contributed by atoms with Gasteiger partial charge in [0.15, 0.2) is 0 Å². The Labute approximate surface area is 106 Å². The van der Waals surface area contributed by atoms with Crippen LogP contribution in [-0.2, 0) is 7.05 Å². The molecular formula is C13H18N2O3. The van der Waals surface area contributed by atoms with Crippen LogP contribution in [0, 0.1) is 0 Å². The Morgan fingerprint density at radius 1 is 1.33 bits per heavy atom. The third kappa shape index (κ3) is 1.91. The lowest BCUT2D eigenvalue weighted by molar-refractivity contribution is 0.188. The lowest BCUT2D eigenvalue weighted by Crippen LogP contribution is -2.11. The number of hydrogen-bond acceptors (Lipinski definition) is 4. The maximum atomic E-state index is 9.95. The fraction of sp³-hybridized carbons (Fsp3) is 0.385. The van der Waals surface area contributed by atoms with E-state index in [1.54, 1.807) is 14.2 Å². The molecule has 0 bridgehead atoms. The van der Waals surface area contributed by atoms with Crippen LogP contribution in [0.5, 0.6) is 11.5 Å². The second-order valence-corrected chi connectivity index (χ2v) is 4.17. The Morgan fingerprint density at radius 3 is 2.61 bits per heavy atom. The van der Waals surface area contributed by atoms with E-state index in [2.05, 4.69) is 0 Å². The molecule has 0 saturated heterocycles. The van der Waals surface area contributed by atoms with Gasteiger partial charge >= 0.3 is 0 Å². The zero-order valence-corrected chi connectivity index (χ0v) is 10.8. The summed E-state index contributed by atoms with van der Waals surface area (Å²) in [5.74, 6) is 1.40. The largest absolute Gasteiger partial charge is 0.497 e. The molecule has 1 heterocycles. The van der Waals surface area contributed by atoms with Crippen LogP contribution in [0.4, 0.5) is 0 Å². The molecule has 2 aromatic rings. The van der Waals surface area contributed by atoms with Gasteiger partial charge in [-0.1, -0.05) is 0 Å². The molecule has 0 saturated carbocycles. The molecule has 1 unspecified atom stereocenters. The highest BCUT2D eigenvalue weighted by Gasteiger charge is 2.17. The number of aliphatic hydroxyl groups is 1. The molecule has 1 aromatic carbocycles. The van der Waals surface area contributed by atoms with E-state index in [1.807, 2.05) is 29.9 Å². The molecule has 5 heteroatoms. The van der Waals surface area contributed by atoms with Crippen molar-refractivity contribution >= 4 is 10.9 Å². The monoisotopic (exact) mass is 250 g/mol. The number of ether oxygens (including phenoxy) is 2. The van der Waals surface area contributed by atoms with Crippen molar-refractivity contribution in [3.63, 3.8) is 0 Å². The number of methoxy groups -OCH3 is 2. The van der Waals surface area contributed by atoms with Gasteiger partial charge in [-0.2, -0.15) is 0 Å². The molecule has 0 spiro atoms. The first-order valence-corrected chi connectivity index (χ1v) is 5.71. The zero-order valence-electron chi connectivity index (χ0n) is 10.8. The molecule has 2 rings (SSSR count). The summed E-state index contributed by atoms with van der Waals surface area (Å²) in [6.45, 7) is 0.179. The molecule has 1 aromatic heterocycles. The summed E-state index contributed by atoms with van der Waals surface area (Å²) in [4.78, 5) is 0. The highest BCUT2D eigenvalue weighted by molar-refractivity contribution is 5.91. The molecule has 5 nitrogen and oxygen atoms in total. The van der Waals surface area contributed by atoms with Crippen molar-refractivity contribution in [1.82, 2.24) is 4.57 Å². The van der Waals surface area contributed by atoms with E-state index >= 15 is 0 Å². The lowest BCUT2D eigenvalue weighted by atomic mass is 10.1. The fourth-order valence-electron chi connectivity index (χ4n) is 2.18. The normalized spacial score (nSPS) is 12.7. The van der Waals surface area contributed by atoms with Crippen molar-refractivity contribution in [2.45, 2.75) is 6.10 Å². The Morgan fingerprint density at radius 2 is 2.06 bits per heavy atom. The minimum absolute atomic E-state index is 0.179. The van der Waals surface area contributed by atoms with E-state index in [0.29, 0.717) is 11.5 Å². The molecule has 0 aliphatic carbocycles. The van der Waals surface area contributed by atoms with Crippen LogP contribution in [-0.4, -0.2) is 30.4 Å². The van der Waals surface area contributed by atoms with Gasteiger partial charge in [0, 0.05) is 36.8 Å². The summed E-state index contributed by atoms with van der Waals surface area (Å²) in [5.41, 5.74) is 7.23. The van der Waals surface area contributed by atoms with Crippen LogP contribution < -0.4 is 15.2 Å². The molecule has 98 valence electrons. The summed E-state index contributed by atoms with van der Waals surface area (Å²) < 4.78 is 12.5. The molecular weight excluding hydrogens is 232 g/mol. The first-order chi connectivity index (χ1) is 8.62. The maximum absolute atomic E-state index is 9.95. The fourth-order valence-corrected chi connectivity index (χ4v) is 2.18. The van der Waals surface area contributed by atoms with Crippen LogP contribution in [0.15, 0.2) is 18.3 Å².